The number of amides is 1. The Morgan fingerprint density at radius 1 is 1.00 bits per heavy atom. The largest absolute Gasteiger partial charge is 0.497 e. The van der Waals surface area contributed by atoms with Gasteiger partial charge in [-0.2, -0.15) is 0 Å². The zero-order valence-corrected chi connectivity index (χ0v) is 17.7. The molecule has 160 valence electrons. The van der Waals surface area contributed by atoms with Crippen molar-refractivity contribution < 1.29 is 27.4 Å². The lowest BCUT2D eigenvalue weighted by atomic mass is 10.2. The van der Waals surface area contributed by atoms with Gasteiger partial charge in [0.1, 0.15) is 5.75 Å². The molecule has 9 heteroatoms. The Morgan fingerprint density at radius 2 is 1.74 bits per heavy atom. The Labute approximate surface area is 180 Å². The van der Waals surface area contributed by atoms with Crippen molar-refractivity contribution in [2.75, 3.05) is 30.6 Å². The lowest BCUT2D eigenvalue weighted by Gasteiger charge is -2.20. The molecule has 0 unspecified atom stereocenters. The van der Waals surface area contributed by atoms with E-state index in [0.29, 0.717) is 28.6 Å². The summed E-state index contributed by atoms with van der Waals surface area (Å²) in [6.45, 7) is 0.133. The van der Waals surface area contributed by atoms with Gasteiger partial charge in [0, 0.05) is 24.4 Å². The van der Waals surface area contributed by atoms with Crippen molar-refractivity contribution in [3.8, 4) is 17.2 Å². The lowest BCUT2D eigenvalue weighted by Crippen LogP contribution is -2.26. The molecule has 1 aliphatic rings. The molecule has 4 rings (SSSR count). The van der Waals surface area contributed by atoms with E-state index >= 15 is 0 Å². The summed E-state index contributed by atoms with van der Waals surface area (Å²) < 4.78 is 43.0. The van der Waals surface area contributed by atoms with Crippen LogP contribution in [-0.4, -0.2) is 35.3 Å². The van der Waals surface area contributed by atoms with Gasteiger partial charge in [0.15, 0.2) is 11.5 Å². The normalized spacial score (nSPS) is 12.3. The molecule has 0 bridgehead atoms. The van der Waals surface area contributed by atoms with Gasteiger partial charge in [-0.15, -0.1) is 0 Å². The first-order chi connectivity index (χ1) is 14.9. The standard InChI is InChI=1S/C22H20N2O6S/c1-24(17-7-9-18(28-2)10-8-17)31(26,27)19-5-3-4-15(12-19)22(25)23-16-6-11-20-21(13-16)30-14-29-20/h3-13H,14H2,1-2H3,(H,23,25). The van der Waals surface area contributed by atoms with Crippen molar-refractivity contribution >= 4 is 27.3 Å². The van der Waals surface area contributed by atoms with Gasteiger partial charge in [-0.1, -0.05) is 6.07 Å². The number of benzene rings is 3. The molecular formula is C22H20N2O6S. The van der Waals surface area contributed by atoms with E-state index in [0.717, 1.165) is 4.31 Å². The van der Waals surface area contributed by atoms with Crippen LogP contribution in [0.15, 0.2) is 71.6 Å². The lowest BCUT2D eigenvalue weighted by molar-refractivity contribution is 0.102. The number of carbonyl (C=O) groups excluding carboxylic acids is 1. The fourth-order valence-electron chi connectivity index (χ4n) is 3.06. The molecule has 8 nitrogen and oxygen atoms in total. The van der Waals surface area contributed by atoms with Crippen LogP contribution in [-0.2, 0) is 10.0 Å². The molecule has 0 atom stereocenters. The molecule has 0 radical (unpaired) electrons. The maximum atomic E-state index is 13.1. The summed E-state index contributed by atoms with van der Waals surface area (Å²) in [5.74, 6) is 1.32. The van der Waals surface area contributed by atoms with Crippen LogP contribution < -0.4 is 23.8 Å². The van der Waals surface area contributed by atoms with E-state index in [9.17, 15) is 13.2 Å². The number of fused-ring (bicyclic) bond motifs is 1. The molecule has 1 amide bonds. The van der Waals surface area contributed by atoms with Crippen LogP contribution >= 0.6 is 0 Å². The number of rotatable bonds is 6. The zero-order chi connectivity index (χ0) is 22.0. The third-order valence-electron chi connectivity index (χ3n) is 4.82. The van der Waals surface area contributed by atoms with Gasteiger partial charge in [-0.3, -0.25) is 9.10 Å². The summed E-state index contributed by atoms with van der Waals surface area (Å²) in [7, 11) is -0.880. The van der Waals surface area contributed by atoms with Crippen LogP contribution in [0.25, 0.3) is 0 Å². The van der Waals surface area contributed by atoms with Crippen molar-refractivity contribution in [1.29, 1.82) is 0 Å². The maximum Gasteiger partial charge on any atom is 0.264 e. The quantitative estimate of drug-likeness (QED) is 0.631. The first-order valence-corrected chi connectivity index (χ1v) is 10.8. The number of anilines is 2. The van der Waals surface area contributed by atoms with E-state index in [-0.39, 0.29) is 17.3 Å². The highest BCUT2D eigenvalue weighted by Gasteiger charge is 2.23. The van der Waals surface area contributed by atoms with E-state index in [1.165, 1.54) is 32.4 Å². The minimum atomic E-state index is -3.87. The van der Waals surface area contributed by atoms with Gasteiger partial charge in [0.25, 0.3) is 15.9 Å². The van der Waals surface area contributed by atoms with Gasteiger partial charge in [0.05, 0.1) is 17.7 Å². The molecule has 0 aromatic heterocycles. The van der Waals surface area contributed by atoms with Gasteiger partial charge in [0.2, 0.25) is 6.79 Å². The summed E-state index contributed by atoms with van der Waals surface area (Å²) >= 11 is 0. The number of hydrogen-bond acceptors (Lipinski definition) is 6. The van der Waals surface area contributed by atoms with Crippen molar-refractivity contribution in [1.82, 2.24) is 0 Å². The maximum absolute atomic E-state index is 13.1. The number of carbonyl (C=O) groups is 1. The summed E-state index contributed by atoms with van der Waals surface area (Å²) in [4.78, 5) is 12.7. The summed E-state index contributed by atoms with van der Waals surface area (Å²) in [5, 5.41) is 2.74. The van der Waals surface area contributed by atoms with Crippen LogP contribution in [0.2, 0.25) is 0 Å². The number of nitrogens with one attached hydrogen (secondary N) is 1. The third kappa shape index (κ3) is 4.13. The van der Waals surface area contributed by atoms with Crippen molar-refractivity contribution in [2.45, 2.75) is 4.90 Å². The van der Waals surface area contributed by atoms with Crippen LogP contribution in [0.5, 0.6) is 17.2 Å². The Balaban J connectivity index is 1.55. The van der Waals surface area contributed by atoms with Crippen LogP contribution in [0.3, 0.4) is 0 Å². The fourth-order valence-corrected chi connectivity index (χ4v) is 4.31. The molecule has 0 saturated carbocycles. The van der Waals surface area contributed by atoms with Gasteiger partial charge >= 0.3 is 0 Å². The predicted molar refractivity (Wildman–Crippen MR) is 116 cm³/mol. The Kier molecular flexibility index (Phi) is 5.43. The molecule has 3 aromatic carbocycles. The fraction of sp³-hybridized carbons (Fsp3) is 0.136. The molecule has 31 heavy (non-hydrogen) atoms. The number of sulfonamides is 1. The minimum absolute atomic E-state index is 0.00385. The third-order valence-corrected chi connectivity index (χ3v) is 6.60. The highest BCUT2D eigenvalue weighted by molar-refractivity contribution is 7.92. The molecule has 1 heterocycles. The molecule has 0 spiro atoms. The molecule has 0 fully saturated rings. The topological polar surface area (TPSA) is 94.2 Å². The second-order valence-corrected chi connectivity index (χ2v) is 8.69. The first-order valence-electron chi connectivity index (χ1n) is 9.32. The average Bonchev–Trinajstić information content (AvgIpc) is 3.26. The molecular weight excluding hydrogens is 420 g/mol. The van der Waals surface area contributed by atoms with Crippen LogP contribution in [0.4, 0.5) is 11.4 Å². The van der Waals surface area contributed by atoms with Crippen LogP contribution in [0.1, 0.15) is 10.4 Å². The van der Waals surface area contributed by atoms with E-state index in [2.05, 4.69) is 5.32 Å². The Bertz CT molecular complexity index is 1230. The highest BCUT2D eigenvalue weighted by Crippen LogP contribution is 2.34. The van der Waals surface area contributed by atoms with Gasteiger partial charge in [-0.25, -0.2) is 8.42 Å². The number of ether oxygens (including phenoxy) is 3. The van der Waals surface area contributed by atoms with Gasteiger partial charge < -0.3 is 19.5 Å². The van der Waals surface area contributed by atoms with Crippen molar-refractivity contribution in [2.24, 2.45) is 0 Å². The van der Waals surface area contributed by atoms with E-state index in [1.54, 1.807) is 48.5 Å². The zero-order valence-electron chi connectivity index (χ0n) is 16.9. The monoisotopic (exact) mass is 440 g/mol. The van der Waals surface area contributed by atoms with E-state index in [1.807, 2.05) is 0 Å². The average molecular weight is 440 g/mol. The molecule has 3 aromatic rings. The molecule has 1 aliphatic heterocycles. The predicted octanol–water partition coefficient (Wildman–Crippen LogP) is 3.50. The van der Waals surface area contributed by atoms with Crippen molar-refractivity contribution in [3.05, 3.63) is 72.3 Å². The number of nitrogens with zero attached hydrogens (tertiary/aromatic N) is 1. The smallest absolute Gasteiger partial charge is 0.264 e. The molecule has 0 aliphatic carbocycles. The first kappa shape index (κ1) is 20.5. The second kappa shape index (κ2) is 8.19. The second-order valence-electron chi connectivity index (χ2n) is 6.72. The summed E-state index contributed by atoms with van der Waals surface area (Å²) in [6.07, 6.45) is 0. The Hall–Kier alpha value is -3.72. The Morgan fingerprint density at radius 3 is 2.48 bits per heavy atom. The van der Waals surface area contributed by atoms with Gasteiger partial charge in [-0.05, 0) is 54.6 Å². The van der Waals surface area contributed by atoms with Crippen molar-refractivity contribution in [3.63, 3.8) is 0 Å². The number of methoxy groups -OCH3 is 1. The van der Waals surface area contributed by atoms with E-state index in [4.69, 9.17) is 14.2 Å². The summed E-state index contributed by atoms with van der Waals surface area (Å²) in [6, 6.07) is 17.6. The molecule has 0 saturated heterocycles. The molecule has 1 N–H and O–H groups in total. The van der Waals surface area contributed by atoms with Crippen LogP contribution in [0, 0.1) is 0 Å². The van der Waals surface area contributed by atoms with E-state index < -0.39 is 15.9 Å². The number of hydrogen-bond donors (Lipinski definition) is 1. The summed E-state index contributed by atoms with van der Waals surface area (Å²) in [5.41, 5.74) is 1.19. The SMILES string of the molecule is COc1ccc(N(C)S(=O)(=O)c2cccc(C(=O)Nc3ccc4c(c3)OCO4)c2)cc1. The minimum Gasteiger partial charge on any atom is -0.497 e. The highest BCUT2D eigenvalue weighted by atomic mass is 32.2.